The number of carbonyl (C=O) groups excluding carboxylic acids is 1. The fourth-order valence-electron chi connectivity index (χ4n) is 3.51. The lowest BCUT2D eigenvalue weighted by Crippen LogP contribution is -2.50. The van der Waals surface area contributed by atoms with Crippen LogP contribution in [0.15, 0.2) is 53.4 Å². The Balaban J connectivity index is 1.48. The zero-order chi connectivity index (χ0) is 22.9. The maximum atomic E-state index is 13.1. The highest BCUT2D eigenvalue weighted by Crippen LogP contribution is 2.30. The zero-order valence-electron chi connectivity index (χ0n) is 17.2. The van der Waals surface area contributed by atoms with Gasteiger partial charge in [-0.05, 0) is 31.2 Å². The Kier molecular flexibility index (Phi) is 6.31. The Bertz CT molecular complexity index is 1310. The van der Waals surface area contributed by atoms with Gasteiger partial charge in [-0.3, -0.25) is 4.79 Å². The highest BCUT2D eigenvalue weighted by Gasteiger charge is 2.32. The normalized spacial score (nSPS) is 14.8. The van der Waals surface area contributed by atoms with Gasteiger partial charge in [0.15, 0.2) is 0 Å². The second-order valence-electron chi connectivity index (χ2n) is 7.24. The number of halogens is 1. The number of rotatable bonds is 4. The van der Waals surface area contributed by atoms with Crippen molar-refractivity contribution >= 4 is 38.9 Å². The first-order valence-corrected chi connectivity index (χ1v) is 12.5. The van der Waals surface area contributed by atoms with E-state index in [1.807, 2.05) is 18.2 Å². The third kappa shape index (κ3) is 4.27. The van der Waals surface area contributed by atoms with Gasteiger partial charge < -0.3 is 4.90 Å². The van der Waals surface area contributed by atoms with Crippen molar-refractivity contribution in [1.29, 1.82) is 5.26 Å². The summed E-state index contributed by atoms with van der Waals surface area (Å²) in [6.07, 6.45) is 0. The summed E-state index contributed by atoms with van der Waals surface area (Å²) >= 11 is 7.26. The number of thiazole rings is 1. The van der Waals surface area contributed by atoms with Gasteiger partial charge in [0.25, 0.3) is 5.91 Å². The summed E-state index contributed by atoms with van der Waals surface area (Å²) in [5.74, 6) is -0.158. The third-order valence-corrected chi connectivity index (χ3v) is 8.64. The van der Waals surface area contributed by atoms with E-state index in [-0.39, 0.29) is 42.5 Å². The van der Waals surface area contributed by atoms with E-state index in [4.69, 9.17) is 11.6 Å². The number of hydrogen-bond acceptors (Lipinski definition) is 6. The molecule has 0 spiro atoms. The molecular formula is C22H19ClN4O3S2. The summed E-state index contributed by atoms with van der Waals surface area (Å²) in [5, 5.41) is 10.6. The van der Waals surface area contributed by atoms with Crippen molar-refractivity contribution in [3.05, 3.63) is 69.7 Å². The van der Waals surface area contributed by atoms with E-state index >= 15 is 0 Å². The fourth-order valence-corrected chi connectivity index (χ4v) is 6.24. The van der Waals surface area contributed by atoms with Gasteiger partial charge in [0.05, 0.1) is 16.2 Å². The van der Waals surface area contributed by atoms with E-state index in [1.54, 1.807) is 36.1 Å². The van der Waals surface area contributed by atoms with Gasteiger partial charge in [0, 0.05) is 36.8 Å². The van der Waals surface area contributed by atoms with Crippen LogP contribution in [0.2, 0.25) is 5.02 Å². The van der Waals surface area contributed by atoms with Crippen LogP contribution in [0, 0.1) is 18.3 Å². The number of sulfonamides is 1. The van der Waals surface area contributed by atoms with Gasteiger partial charge >= 0.3 is 0 Å². The molecule has 4 rings (SSSR count). The third-order valence-electron chi connectivity index (χ3n) is 5.23. The smallest absolute Gasteiger partial charge is 0.265 e. The minimum atomic E-state index is -3.81. The van der Waals surface area contributed by atoms with Crippen LogP contribution in [0.4, 0.5) is 0 Å². The van der Waals surface area contributed by atoms with Crippen LogP contribution in [-0.4, -0.2) is 54.7 Å². The van der Waals surface area contributed by atoms with Gasteiger partial charge in [-0.25, -0.2) is 13.4 Å². The summed E-state index contributed by atoms with van der Waals surface area (Å²) < 4.78 is 27.3. The number of nitriles is 1. The minimum Gasteiger partial charge on any atom is -0.335 e. The van der Waals surface area contributed by atoms with Gasteiger partial charge in [0.1, 0.15) is 16.0 Å². The Hall–Kier alpha value is -2.77. The molecule has 1 saturated heterocycles. The molecule has 0 saturated carbocycles. The molecule has 10 heteroatoms. The van der Waals surface area contributed by atoms with E-state index in [9.17, 15) is 18.5 Å². The maximum absolute atomic E-state index is 13.1. The Morgan fingerprint density at radius 2 is 1.75 bits per heavy atom. The molecule has 2 aromatic carbocycles. The van der Waals surface area contributed by atoms with Crippen LogP contribution >= 0.6 is 22.9 Å². The molecule has 3 aromatic rings. The molecule has 2 heterocycles. The highest BCUT2D eigenvalue weighted by atomic mass is 35.5. The van der Waals surface area contributed by atoms with Crippen molar-refractivity contribution in [2.45, 2.75) is 11.8 Å². The van der Waals surface area contributed by atoms with Crippen LogP contribution in [0.5, 0.6) is 0 Å². The van der Waals surface area contributed by atoms with E-state index in [0.717, 1.165) is 10.6 Å². The first-order chi connectivity index (χ1) is 15.3. The Morgan fingerprint density at radius 3 is 2.41 bits per heavy atom. The van der Waals surface area contributed by atoms with Crippen molar-refractivity contribution in [1.82, 2.24) is 14.2 Å². The largest absolute Gasteiger partial charge is 0.335 e. The quantitative estimate of drug-likeness (QED) is 0.559. The molecule has 0 radical (unpaired) electrons. The summed E-state index contributed by atoms with van der Waals surface area (Å²) in [6.45, 7) is 2.65. The van der Waals surface area contributed by atoms with Crippen LogP contribution < -0.4 is 0 Å². The highest BCUT2D eigenvalue weighted by molar-refractivity contribution is 7.89. The van der Waals surface area contributed by atoms with Crippen LogP contribution in [0.3, 0.4) is 0 Å². The average molecular weight is 487 g/mol. The van der Waals surface area contributed by atoms with Crippen LogP contribution in [0.25, 0.3) is 10.6 Å². The first-order valence-electron chi connectivity index (χ1n) is 9.83. The van der Waals surface area contributed by atoms with Crippen LogP contribution in [-0.2, 0) is 10.0 Å². The van der Waals surface area contributed by atoms with Crippen molar-refractivity contribution in [3.8, 4) is 16.6 Å². The lowest BCUT2D eigenvalue weighted by Gasteiger charge is -2.34. The molecular weight excluding hydrogens is 468 g/mol. The number of aryl methyl sites for hydroxylation is 1. The van der Waals surface area contributed by atoms with E-state index in [0.29, 0.717) is 15.6 Å². The van der Waals surface area contributed by atoms with Gasteiger partial charge in [-0.15, -0.1) is 11.3 Å². The number of hydrogen-bond donors (Lipinski definition) is 0. The van der Waals surface area contributed by atoms with Crippen LogP contribution in [0.1, 0.15) is 20.9 Å². The zero-order valence-corrected chi connectivity index (χ0v) is 19.5. The molecule has 32 heavy (non-hydrogen) atoms. The van der Waals surface area contributed by atoms with Gasteiger partial charge in [-0.2, -0.15) is 9.57 Å². The van der Waals surface area contributed by atoms with E-state index in [1.165, 1.54) is 27.8 Å². The molecule has 1 amide bonds. The average Bonchev–Trinajstić information content (AvgIpc) is 3.20. The summed E-state index contributed by atoms with van der Waals surface area (Å²) in [6, 6.07) is 15.3. The molecule has 1 fully saturated rings. The summed E-state index contributed by atoms with van der Waals surface area (Å²) in [4.78, 5) is 19.8. The predicted molar refractivity (Wildman–Crippen MR) is 123 cm³/mol. The topological polar surface area (TPSA) is 94.4 Å². The molecule has 0 unspecified atom stereocenters. The summed E-state index contributed by atoms with van der Waals surface area (Å²) in [7, 11) is -3.81. The number of carbonyl (C=O) groups is 1. The second-order valence-corrected chi connectivity index (χ2v) is 10.6. The molecule has 1 aliphatic heterocycles. The number of piperazine rings is 1. The van der Waals surface area contributed by atoms with Crippen molar-refractivity contribution in [2.75, 3.05) is 26.2 Å². The monoisotopic (exact) mass is 486 g/mol. The molecule has 164 valence electrons. The van der Waals surface area contributed by atoms with Crippen molar-refractivity contribution in [2.24, 2.45) is 0 Å². The fraction of sp³-hybridized carbons (Fsp3) is 0.227. The Morgan fingerprint density at radius 1 is 1.09 bits per heavy atom. The molecule has 0 atom stereocenters. The maximum Gasteiger partial charge on any atom is 0.265 e. The lowest BCUT2D eigenvalue weighted by molar-refractivity contribution is 0.0702. The van der Waals surface area contributed by atoms with Gasteiger partial charge in [0.2, 0.25) is 10.0 Å². The number of benzene rings is 2. The van der Waals surface area contributed by atoms with E-state index < -0.39 is 10.0 Å². The van der Waals surface area contributed by atoms with Crippen molar-refractivity contribution < 1.29 is 13.2 Å². The molecule has 0 bridgehead atoms. The molecule has 7 nitrogen and oxygen atoms in total. The number of aromatic nitrogens is 1. The van der Waals surface area contributed by atoms with Gasteiger partial charge in [-0.1, -0.05) is 35.9 Å². The number of amides is 1. The van der Waals surface area contributed by atoms with Crippen molar-refractivity contribution in [3.63, 3.8) is 0 Å². The number of nitrogens with zero attached hydrogens (tertiary/aromatic N) is 4. The minimum absolute atomic E-state index is 0.00631. The lowest BCUT2D eigenvalue weighted by atomic mass is 10.2. The summed E-state index contributed by atoms with van der Waals surface area (Å²) in [5.41, 5.74) is 1.64. The van der Waals surface area contributed by atoms with E-state index in [2.05, 4.69) is 4.98 Å². The molecule has 1 aliphatic rings. The second kappa shape index (κ2) is 9.00. The Labute approximate surface area is 195 Å². The molecule has 1 aromatic heterocycles. The SMILES string of the molecule is Cc1nc(-c2ccc(Cl)cc2)sc1C(=O)N1CCN(S(=O)(=O)c2ccccc2C#N)CC1. The predicted octanol–water partition coefficient (Wildman–Crippen LogP) is 3.79. The molecule has 0 N–H and O–H groups in total. The molecule has 0 aliphatic carbocycles. The first kappa shape index (κ1) is 22.4. The standard InChI is InChI=1S/C22H19ClN4O3S2/c1-15-20(31-21(25-15)16-6-8-18(23)9-7-16)22(28)26-10-12-27(13-11-26)32(29,30)19-5-3-2-4-17(19)14-24/h2-9H,10-13H2,1H3.